The zero-order chi connectivity index (χ0) is 14.5. The molecule has 1 N–H and O–H groups in total. The van der Waals surface area contributed by atoms with Gasteiger partial charge < -0.3 is 10.1 Å². The normalized spacial score (nSPS) is 11.4. The van der Waals surface area contributed by atoms with Crippen molar-refractivity contribution in [1.82, 2.24) is 5.32 Å². The average Bonchev–Trinajstić information content (AvgIpc) is 2.34. The molecule has 19 heavy (non-hydrogen) atoms. The van der Waals surface area contributed by atoms with Crippen LogP contribution in [-0.2, 0) is 16.0 Å². The minimum atomic E-state index is -0.629. The monoisotopic (exact) mass is 263 g/mol. The molecule has 0 unspecified atom stereocenters. The molecule has 0 amide bonds. The van der Waals surface area contributed by atoms with Crippen molar-refractivity contribution in [2.75, 3.05) is 13.2 Å². The zero-order valence-electron chi connectivity index (χ0n) is 12.7. The first-order chi connectivity index (χ1) is 8.86. The summed E-state index contributed by atoms with van der Waals surface area (Å²) in [7, 11) is 0. The Kier molecular flexibility index (Phi) is 5.55. The quantitative estimate of drug-likeness (QED) is 0.802. The summed E-state index contributed by atoms with van der Waals surface area (Å²) < 4.78 is 5.04. The maximum Gasteiger partial charge on any atom is 0.325 e. The highest BCUT2D eigenvalue weighted by atomic mass is 16.5. The van der Waals surface area contributed by atoms with Gasteiger partial charge in [0.15, 0.2) is 0 Å². The molecule has 0 spiro atoms. The van der Waals surface area contributed by atoms with Gasteiger partial charge in [0.05, 0.1) is 6.61 Å². The lowest BCUT2D eigenvalue weighted by Gasteiger charge is -2.23. The van der Waals surface area contributed by atoms with E-state index in [0.717, 1.165) is 13.0 Å². The maximum atomic E-state index is 11.7. The third-order valence-corrected chi connectivity index (χ3v) is 3.34. The van der Waals surface area contributed by atoms with Gasteiger partial charge in [0.2, 0.25) is 0 Å². The summed E-state index contributed by atoms with van der Waals surface area (Å²) in [6, 6.07) is 6.48. The topological polar surface area (TPSA) is 38.3 Å². The smallest absolute Gasteiger partial charge is 0.325 e. The van der Waals surface area contributed by atoms with Crippen LogP contribution >= 0.6 is 0 Å². The number of nitrogens with one attached hydrogen (secondary N) is 1. The first kappa shape index (κ1) is 15.7. The molecular formula is C16H25NO2. The van der Waals surface area contributed by atoms with Gasteiger partial charge in [-0.1, -0.05) is 18.2 Å². The molecule has 0 heterocycles. The van der Waals surface area contributed by atoms with E-state index in [-0.39, 0.29) is 5.97 Å². The molecule has 3 nitrogen and oxygen atoms in total. The van der Waals surface area contributed by atoms with Crippen molar-refractivity contribution in [2.24, 2.45) is 0 Å². The van der Waals surface area contributed by atoms with Crippen molar-refractivity contribution in [3.8, 4) is 0 Å². The van der Waals surface area contributed by atoms with E-state index in [9.17, 15) is 4.79 Å². The van der Waals surface area contributed by atoms with E-state index in [1.165, 1.54) is 16.7 Å². The second kappa shape index (κ2) is 6.71. The Labute approximate surface area is 116 Å². The number of hydrogen-bond acceptors (Lipinski definition) is 3. The predicted molar refractivity (Wildman–Crippen MR) is 78.3 cm³/mol. The fourth-order valence-corrected chi connectivity index (χ4v) is 1.86. The Morgan fingerprint density at radius 2 is 1.95 bits per heavy atom. The largest absolute Gasteiger partial charge is 0.465 e. The lowest BCUT2D eigenvalue weighted by molar-refractivity contribution is -0.149. The van der Waals surface area contributed by atoms with Crippen LogP contribution in [0.1, 0.15) is 37.5 Å². The Hall–Kier alpha value is -1.35. The summed E-state index contributed by atoms with van der Waals surface area (Å²) in [5, 5.41) is 3.25. The fraction of sp³-hybridized carbons (Fsp3) is 0.562. The summed E-state index contributed by atoms with van der Waals surface area (Å²) in [5.41, 5.74) is 3.27. The van der Waals surface area contributed by atoms with Crippen molar-refractivity contribution >= 4 is 5.97 Å². The molecule has 3 heteroatoms. The maximum absolute atomic E-state index is 11.7. The minimum absolute atomic E-state index is 0.199. The number of ether oxygens (including phenoxy) is 1. The molecule has 0 atom stereocenters. The molecule has 0 radical (unpaired) electrons. The lowest BCUT2D eigenvalue weighted by Crippen LogP contribution is -2.48. The van der Waals surface area contributed by atoms with Crippen molar-refractivity contribution in [3.63, 3.8) is 0 Å². The van der Waals surface area contributed by atoms with Gasteiger partial charge in [-0.3, -0.25) is 4.79 Å². The van der Waals surface area contributed by atoms with Crippen LogP contribution in [0.5, 0.6) is 0 Å². The highest BCUT2D eigenvalue weighted by molar-refractivity contribution is 5.79. The summed E-state index contributed by atoms with van der Waals surface area (Å²) in [6.07, 6.45) is 0.907. The van der Waals surface area contributed by atoms with E-state index < -0.39 is 5.54 Å². The predicted octanol–water partition coefficient (Wildman–Crippen LogP) is 2.78. The molecular weight excluding hydrogens is 238 g/mol. The van der Waals surface area contributed by atoms with Gasteiger partial charge in [0.1, 0.15) is 5.54 Å². The van der Waals surface area contributed by atoms with E-state index in [0.29, 0.717) is 6.61 Å². The zero-order valence-corrected chi connectivity index (χ0v) is 12.7. The number of rotatable bonds is 6. The van der Waals surface area contributed by atoms with Crippen LogP contribution in [0.2, 0.25) is 0 Å². The first-order valence-corrected chi connectivity index (χ1v) is 6.85. The lowest BCUT2D eigenvalue weighted by atomic mass is 10.0. The van der Waals surface area contributed by atoms with E-state index in [4.69, 9.17) is 4.74 Å². The standard InChI is InChI=1S/C16H25NO2/c1-6-19-15(18)16(4,5)17-10-9-14-8-7-12(2)13(3)11-14/h7-8,11,17H,6,9-10H2,1-5H3. The van der Waals surface area contributed by atoms with Gasteiger partial charge in [-0.05, 0) is 57.7 Å². The van der Waals surface area contributed by atoms with Crippen molar-refractivity contribution < 1.29 is 9.53 Å². The van der Waals surface area contributed by atoms with Crippen LogP contribution in [0.15, 0.2) is 18.2 Å². The summed E-state index contributed by atoms with van der Waals surface area (Å²) in [4.78, 5) is 11.7. The van der Waals surface area contributed by atoms with Crippen LogP contribution in [0.4, 0.5) is 0 Å². The fourth-order valence-electron chi connectivity index (χ4n) is 1.86. The number of esters is 1. The highest BCUT2D eigenvalue weighted by Crippen LogP contribution is 2.11. The molecule has 0 bridgehead atoms. The molecule has 1 rings (SSSR count). The Morgan fingerprint density at radius 1 is 1.26 bits per heavy atom. The van der Waals surface area contributed by atoms with E-state index in [2.05, 4.69) is 37.4 Å². The van der Waals surface area contributed by atoms with Crippen molar-refractivity contribution in [3.05, 3.63) is 34.9 Å². The van der Waals surface area contributed by atoms with Crippen molar-refractivity contribution in [1.29, 1.82) is 0 Å². The number of benzene rings is 1. The number of carbonyl (C=O) groups excluding carboxylic acids is 1. The Bertz CT molecular complexity index is 438. The van der Waals surface area contributed by atoms with Gasteiger partial charge in [-0.15, -0.1) is 0 Å². The molecule has 0 aromatic heterocycles. The van der Waals surface area contributed by atoms with E-state index in [1.54, 1.807) is 0 Å². The van der Waals surface area contributed by atoms with Gasteiger partial charge in [-0.25, -0.2) is 0 Å². The van der Waals surface area contributed by atoms with Crippen LogP contribution < -0.4 is 5.32 Å². The third-order valence-electron chi connectivity index (χ3n) is 3.34. The minimum Gasteiger partial charge on any atom is -0.465 e. The molecule has 0 aliphatic heterocycles. The molecule has 0 aliphatic carbocycles. The molecule has 0 fully saturated rings. The average molecular weight is 263 g/mol. The summed E-state index contributed by atoms with van der Waals surface area (Å²) >= 11 is 0. The highest BCUT2D eigenvalue weighted by Gasteiger charge is 2.27. The second-order valence-corrected chi connectivity index (χ2v) is 5.44. The van der Waals surface area contributed by atoms with Crippen LogP contribution in [0.3, 0.4) is 0 Å². The number of aryl methyl sites for hydroxylation is 2. The molecule has 0 saturated heterocycles. The van der Waals surface area contributed by atoms with Crippen molar-refractivity contribution in [2.45, 2.75) is 46.6 Å². The Balaban J connectivity index is 2.49. The van der Waals surface area contributed by atoms with Gasteiger partial charge in [-0.2, -0.15) is 0 Å². The first-order valence-electron chi connectivity index (χ1n) is 6.85. The molecule has 1 aromatic carbocycles. The molecule has 0 saturated carbocycles. The molecule has 106 valence electrons. The van der Waals surface area contributed by atoms with Crippen LogP contribution in [0, 0.1) is 13.8 Å². The molecule has 1 aromatic rings. The van der Waals surface area contributed by atoms with E-state index >= 15 is 0 Å². The third kappa shape index (κ3) is 4.67. The van der Waals surface area contributed by atoms with Gasteiger partial charge in [0.25, 0.3) is 0 Å². The van der Waals surface area contributed by atoms with Gasteiger partial charge >= 0.3 is 5.97 Å². The van der Waals surface area contributed by atoms with Crippen LogP contribution in [0.25, 0.3) is 0 Å². The number of carbonyl (C=O) groups is 1. The Morgan fingerprint density at radius 3 is 2.53 bits per heavy atom. The van der Waals surface area contributed by atoms with Gasteiger partial charge in [0, 0.05) is 6.54 Å². The summed E-state index contributed by atoms with van der Waals surface area (Å²) in [5.74, 6) is -0.199. The molecule has 0 aliphatic rings. The van der Waals surface area contributed by atoms with Crippen LogP contribution in [-0.4, -0.2) is 24.7 Å². The van der Waals surface area contributed by atoms with E-state index in [1.807, 2.05) is 20.8 Å². The summed E-state index contributed by atoms with van der Waals surface area (Å²) in [6.45, 7) is 10.9. The second-order valence-electron chi connectivity index (χ2n) is 5.44. The number of hydrogen-bond donors (Lipinski definition) is 1. The SMILES string of the molecule is CCOC(=O)C(C)(C)NCCc1ccc(C)c(C)c1.